The fourth-order valence-electron chi connectivity index (χ4n) is 9.46. The molecule has 2 atom stereocenters. The molecule has 0 aromatic heterocycles. The monoisotopic (exact) mass is 932 g/mol. The van der Waals surface area contributed by atoms with Crippen LogP contribution in [-0.2, 0) is 14.3 Å². The van der Waals surface area contributed by atoms with Gasteiger partial charge in [-0.1, -0.05) is 283 Å². The lowest BCUT2D eigenvalue weighted by molar-refractivity contribution is -0.143. The molecular formula is C60H117NO5. The summed E-state index contributed by atoms with van der Waals surface area (Å²) in [4.78, 5) is 24.6. The van der Waals surface area contributed by atoms with Gasteiger partial charge in [0.25, 0.3) is 0 Å². The van der Waals surface area contributed by atoms with Crippen molar-refractivity contribution in [3.63, 3.8) is 0 Å². The Labute approximate surface area is 412 Å². The number of aliphatic hydroxyl groups excluding tert-OH is 2. The van der Waals surface area contributed by atoms with E-state index in [1.165, 1.54) is 244 Å². The number of carbonyl (C=O) groups is 2. The molecule has 1 amide bonds. The smallest absolute Gasteiger partial charge is 0.305 e. The molecule has 0 aromatic carbocycles. The van der Waals surface area contributed by atoms with Crippen LogP contribution in [0.1, 0.15) is 335 Å². The largest absolute Gasteiger partial charge is 0.466 e. The number of amides is 1. The van der Waals surface area contributed by atoms with Crippen LogP contribution in [0.2, 0.25) is 0 Å². The topological polar surface area (TPSA) is 95.9 Å². The molecule has 66 heavy (non-hydrogen) atoms. The molecule has 2 unspecified atom stereocenters. The van der Waals surface area contributed by atoms with Crippen molar-refractivity contribution in [3.05, 3.63) is 12.2 Å². The lowest BCUT2D eigenvalue weighted by Crippen LogP contribution is -2.45. The lowest BCUT2D eigenvalue weighted by Gasteiger charge is -2.22. The number of hydrogen-bond donors (Lipinski definition) is 3. The van der Waals surface area contributed by atoms with Crippen LogP contribution < -0.4 is 5.32 Å². The highest BCUT2D eigenvalue weighted by molar-refractivity contribution is 5.76. The first kappa shape index (κ1) is 64.6. The molecule has 6 nitrogen and oxygen atoms in total. The maximum Gasteiger partial charge on any atom is 0.305 e. The molecule has 392 valence electrons. The van der Waals surface area contributed by atoms with E-state index in [9.17, 15) is 19.8 Å². The van der Waals surface area contributed by atoms with Gasteiger partial charge in [0, 0.05) is 12.8 Å². The van der Waals surface area contributed by atoms with Gasteiger partial charge in [-0.2, -0.15) is 0 Å². The minimum Gasteiger partial charge on any atom is -0.466 e. The standard InChI is InChI=1S/C60H117NO5/c1-3-5-7-9-11-13-15-17-19-21-23-24-25-26-27-29-31-33-36-40-44-48-52-58(63)57(56-62)61-59(64)53-49-45-41-37-35-39-43-47-51-55-66-60(65)54-50-46-42-38-34-32-30-28-22-20-18-16-14-12-10-8-6-4-2/h20,22,57-58,62-63H,3-19,21,23-56H2,1-2H3,(H,61,64)/b22-20-. The van der Waals surface area contributed by atoms with Crippen molar-refractivity contribution >= 4 is 11.9 Å². The molecule has 0 heterocycles. The van der Waals surface area contributed by atoms with E-state index in [-0.39, 0.29) is 18.5 Å². The van der Waals surface area contributed by atoms with E-state index in [1.807, 2.05) is 0 Å². The minimum absolute atomic E-state index is 0.0264. The number of nitrogens with one attached hydrogen (secondary N) is 1. The molecule has 0 spiro atoms. The fourth-order valence-corrected chi connectivity index (χ4v) is 9.46. The molecule has 0 radical (unpaired) electrons. The van der Waals surface area contributed by atoms with Gasteiger partial charge in [-0.05, 0) is 51.4 Å². The third-order valence-electron chi connectivity index (χ3n) is 14.1. The van der Waals surface area contributed by atoms with Gasteiger partial charge in [-0.25, -0.2) is 0 Å². The second kappa shape index (κ2) is 56.2. The number of rotatable bonds is 56. The number of esters is 1. The van der Waals surface area contributed by atoms with Crippen LogP contribution in [0.4, 0.5) is 0 Å². The zero-order chi connectivity index (χ0) is 47.9. The summed E-state index contributed by atoms with van der Waals surface area (Å²) < 4.78 is 5.47. The molecule has 0 fully saturated rings. The summed E-state index contributed by atoms with van der Waals surface area (Å²) in [6.07, 6.45) is 66.3. The molecule has 0 rings (SSSR count). The van der Waals surface area contributed by atoms with Crippen LogP contribution in [0, 0.1) is 0 Å². The quantitative estimate of drug-likeness (QED) is 0.0321. The summed E-state index contributed by atoms with van der Waals surface area (Å²) in [5.74, 6) is -0.0852. The third kappa shape index (κ3) is 52.0. The Morgan fingerprint density at radius 2 is 0.712 bits per heavy atom. The van der Waals surface area contributed by atoms with Crippen molar-refractivity contribution in [1.82, 2.24) is 5.32 Å². The molecule has 6 heteroatoms. The fraction of sp³-hybridized carbons (Fsp3) is 0.933. The van der Waals surface area contributed by atoms with E-state index < -0.39 is 12.1 Å². The van der Waals surface area contributed by atoms with Crippen LogP contribution in [0.15, 0.2) is 12.2 Å². The van der Waals surface area contributed by atoms with Crippen molar-refractivity contribution < 1.29 is 24.5 Å². The summed E-state index contributed by atoms with van der Waals surface area (Å²) in [5, 5.41) is 23.3. The highest BCUT2D eigenvalue weighted by Crippen LogP contribution is 2.18. The van der Waals surface area contributed by atoms with E-state index in [4.69, 9.17) is 4.74 Å². The minimum atomic E-state index is -0.682. The second-order valence-corrected chi connectivity index (χ2v) is 20.7. The van der Waals surface area contributed by atoms with Crippen molar-refractivity contribution in [2.24, 2.45) is 0 Å². The second-order valence-electron chi connectivity index (χ2n) is 20.7. The molecule has 0 aliphatic heterocycles. The van der Waals surface area contributed by atoms with Gasteiger partial charge in [0.15, 0.2) is 0 Å². The number of aliphatic hydroxyl groups is 2. The van der Waals surface area contributed by atoms with Crippen molar-refractivity contribution in [1.29, 1.82) is 0 Å². The summed E-state index contributed by atoms with van der Waals surface area (Å²) in [6, 6.07) is -0.562. The molecular weight excluding hydrogens is 815 g/mol. The van der Waals surface area contributed by atoms with Crippen molar-refractivity contribution in [2.45, 2.75) is 347 Å². The number of unbranched alkanes of at least 4 members (excludes halogenated alkanes) is 43. The highest BCUT2D eigenvalue weighted by Gasteiger charge is 2.20. The summed E-state index contributed by atoms with van der Waals surface area (Å²) in [5.41, 5.74) is 0. The Balaban J connectivity index is 3.46. The van der Waals surface area contributed by atoms with Crippen LogP contribution in [-0.4, -0.2) is 47.4 Å². The van der Waals surface area contributed by atoms with Crippen molar-refractivity contribution in [2.75, 3.05) is 13.2 Å². The van der Waals surface area contributed by atoms with Gasteiger partial charge < -0.3 is 20.3 Å². The van der Waals surface area contributed by atoms with Crippen LogP contribution >= 0.6 is 0 Å². The molecule has 0 aliphatic rings. The van der Waals surface area contributed by atoms with Gasteiger partial charge in [-0.15, -0.1) is 0 Å². The van der Waals surface area contributed by atoms with Crippen LogP contribution in [0.25, 0.3) is 0 Å². The summed E-state index contributed by atoms with van der Waals surface area (Å²) in [6.45, 7) is 4.91. The van der Waals surface area contributed by atoms with Crippen LogP contribution in [0.5, 0.6) is 0 Å². The van der Waals surface area contributed by atoms with Gasteiger partial charge in [0.2, 0.25) is 5.91 Å². The zero-order valence-electron chi connectivity index (χ0n) is 44.7. The average molecular weight is 933 g/mol. The Kier molecular flexibility index (Phi) is 55.0. The predicted molar refractivity (Wildman–Crippen MR) is 287 cm³/mol. The average Bonchev–Trinajstić information content (AvgIpc) is 3.32. The predicted octanol–water partition coefficient (Wildman–Crippen LogP) is 18.5. The number of hydrogen-bond acceptors (Lipinski definition) is 5. The molecule has 0 aromatic rings. The first-order valence-corrected chi connectivity index (χ1v) is 29.9. The van der Waals surface area contributed by atoms with E-state index >= 15 is 0 Å². The first-order valence-electron chi connectivity index (χ1n) is 29.9. The summed E-state index contributed by atoms with van der Waals surface area (Å²) >= 11 is 0. The summed E-state index contributed by atoms with van der Waals surface area (Å²) in [7, 11) is 0. The SMILES string of the molecule is CCCCCCCCC/C=C\CCCCCCCCCC(=O)OCCCCCCCCCCCC(=O)NC(CO)C(O)CCCCCCCCCCCCCCCCCCCCCCCC. The van der Waals surface area contributed by atoms with E-state index in [1.54, 1.807) is 0 Å². The number of carbonyl (C=O) groups excluding carboxylic acids is 2. The Morgan fingerprint density at radius 1 is 0.409 bits per heavy atom. The Morgan fingerprint density at radius 3 is 1.08 bits per heavy atom. The van der Waals surface area contributed by atoms with Gasteiger partial charge in [0.1, 0.15) is 0 Å². The van der Waals surface area contributed by atoms with E-state index in [0.717, 1.165) is 57.8 Å². The van der Waals surface area contributed by atoms with Gasteiger partial charge in [0.05, 0.1) is 25.4 Å². The maximum atomic E-state index is 12.5. The Bertz CT molecular complexity index is 986. The molecule has 0 bridgehead atoms. The molecule has 0 saturated carbocycles. The maximum absolute atomic E-state index is 12.5. The van der Waals surface area contributed by atoms with E-state index in [2.05, 4.69) is 31.3 Å². The number of allylic oxidation sites excluding steroid dienone is 2. The Hall–Kier alpha value is -1.40. The zero-order valence-corrected chi connectivity index (χ0v) is 44.7. The normalized spacial score (nSPS) is 12.6. The van der Waals surface area contributed by atoms with Crippen molar-refractivity contribution in [3.8, 4) is 0 Å². The molecule has 3 N–H and O–H groups in total. The molecule has 0 saturated heterocycles. The third-order valence-corrected chi connectivity index (χ3v) is 14.1. The van der Waals surface area contributed by atoms with Crippen LogP contribution in [0.3, 0.4) is 0 Å². The molecule has 0 aliphatic carbocycles. The van der Waals surface area contributed by atoms with Gasteiger partial charge in [-0.3, -0.25) is 9.59 Å². The lowest BCUT2D eigenvalue weighted by atomic mass is 10.0. The highest BCUT2D eigenvalue weighted by atomic mass is 16.5. The number of ether oxygens (including phenoxy) is 1. The van der Waals surface area contributed by atoms with Gasteiger partial charge >= 0.3 is 5.97 Å². The first-order chi connectivity index (χ1) is 32.5. The van der Waals surface area contributed by atoms with E-state index in [0.29, 0.717) is 25.9 Å².